The first-order valence-corrected chi connectivity index (χ1v) is 11.7. The molecule has 152 valence electrons. The topological polar surface area (TPSA) is 53.9 Å². The fourth-order valence-corrected chi connectivity index (χ4v) is 4.74. The van der Waals surface area contributed by atoms with Crippen molar-refractivity contribution in [2.24, 2.45) is 0 Å². The molecule has 0 saturated carbocycles. The van der Waals surface area contributed by atoms with E-state index in [-0.39, 0.29) is 0 Å². The Hall–Kier alpha value is -2.05. The Morgan fingerprint density at radius 3 is 2.29 bits per heavy atom. The maximum atomic E-state index is 13.0. The number of para-hydroxylation sites is 2. The second-order valence-electron chi connectivity index (χ2n) is 7.59. The lowest BCUT2D eigenvalue weighted by molar-refractivity contribution is -0.898. The van der Waals surface area contributed by atoms with Gasteiger partial charge in [-0.05, 0) is 49.1 Å². The smallest absolute Gasteiger partial charge is 0.261 e. The monoisotopic (exact) mass is 402 g/mol. The minimum absolute atomic E-state index is 0.301. The Morgan fingerprint density at radius 1 is 1.04 bits per heavy atom. The molecule has 0 radical (unpaired) electrons. The standard InChI is InChI=1S/C22H31N3O2S/c1-4-18(3)19-10-12-20(13-11-19)28(26,27)23-21-8-6-7-9-22(21)25-16-14-24(5-2)15-17-25/h6-13,18,23H,4-5,14-17H2,1-3H3/p+1/t18-/m0/s1. The van der Waals surface area contributed by atoms with Crippen LogP contribution in [-0.4, -0.2) is 41.1 Å². The van der Waals surface area contributed by atoms with Crippen molar-refractivity contribution in [3.8, 4) is 0 Å². The molecule has 1 atom stereocenters. The molecule has 0 spiro atoms. The molecule has 0 aromatic heterocycles. The Balaban J connectivity index is 1.79. The van der Waals surface area contributed by atoms with Crippen LogP contribution in [0.1, 0.15) is 38.7 Å². The van der Waals surface area contributed by atoms with Crippen LogP contribution in [0.3, 0.4) is 0 Å². The number of anilines is 2. The van der Waals surface area contributed by atoms with Gasteiger partial charge in [0.25, 0.3) is 10.0 Å². The number of likely N-dealkylation sites (N-methyl/N-ethyl adjacent to an activating group) is 1. The summed E-state index contributed by atoms with van der Waals surface area (Å²) in [5, 5.41) is 0. The zero-order valence-electron chi connectivity index (χ0n) is 17.1. The number of quaternary nitrogens is 1. The summed E-state index contributed by atoms with van der Waals surface area (Å²) in [5.74, 6) is 0.425. The number of hydrogen-bond acceptors (Lipinski definition) is 3. The van der Waals surface area contributed by atoms with Crippen LogP contribution in [0.15, 0.2) is 53.4 Å². The number of sulfonamides is 1. The summed E-state index contributed by atoms with van der Waals surface area (Å²) >= 11 is 0. The Kier molecular flexibility index (Phi) is 6.62. The Morgan fingerprint density at radius 2 is 1.68 bits per heavy atom. The van der Waals surface area contributed by atoms with E-state index in [1.54, 1.807) is 17.0 Å². The van der Waals surface area contributed by atoms with E-state index in [2.05, 4.69) is 30.4 Å². The molecule has 0 amide bonds. The largest absolute Gasteiger partial charge is 0.359 e. The molecule has 3 rings (SSSR count). The highest BCUT2D eigenvalue weighted by atomic mass is 32.2. The van der Waals surface area contributed by atoms with Crippen LogP contribution in [-0.2, 0) is 10.0 Å². The molecule has 28 heavy (non-hydrogen) atoms. The molecular formula is C22H32N3O2S+. The van der Waals surface area contributed by atoms with Gasteiger partial charge in [0.05, 0.1) is 49.0 Å². The maximum absolute atomic E-state index is 13.0. The van der Waals surface area contributed by atoms with Gasteiger partial charge in [0, 0.05) is 0 Å². The lowest BCUT2D eigenvalue weighted by atomic mass is 9.99. The molecular weight excluding hydrogens is 370 g/mol. The number of benzene rings is 2. The molecule has 0 aliphatic carbocycles. The summed E-state index contributed by atoms with van der Waals surface area (Å²) < 4.78 is 28.7. The van der Waals surface area contributed by atoms with Gasteiger partial charge in [-0.15, -0.1) is 0 Å². The van der Waals surface area contributed by atoms with Crippen LogP contribution in [0.4, 0.5) is 11.4 Å². The van der Waals surface area contributed by atoms with Crippen molar-refractivity contribution in [2.75, 3.05) is 42.3 Å². The zero-order valence-corrected chi connectivity index (χ0v) is 17.9. The van der Waals surface area contributed by atoms with Crippen LogP contribution < -0.4 is 14.5 Å². The van der Waals surface area contributed by atoms with Gasteiger partial charge in [-0.1, -0.05) is 38.1 Å². The molecule has 1 aliphatic rings. The molecule has 1 aliphatic heterocycles. The molecule has 1 fully saturated rings. The van der Waals surface area contributed by atoms with Crippen molar-refractivity contribution in [3.05, 3.63) is 54.1 Å². The fourth-order valence-electron chi connectivity index (χ4n) is 3.67. The number of rotatable bonds is 7. The van der Waals surface area contributed by atoms with Crippen LogP contribution in [0.25, 0.3) is 0 Å². The first-order chi connectivity index (χ1) is 13.4. The second kappa shape index (κ2) is 8.97. The van der Waals surface area contributed by atoms with E-state index in [4.69, 9.17) is 0 Å². The van der Waals surface area contributed by atoms with Crippen molar-refractivity contribution in [3.63, 3.8) is 0 Å². The number of nitrogens with zero attached hydrogens (tertiary/aromatic N) is 1. The van der Waals surface area contributed by atoms with Crippen molar-refractivity contribution in [2.45, 2.75) is 38.0 Å². The summed E-state index contributed by atoms with van der Waals surface area (Å²) in [7, 11) is -3.62. The van der Waals surface area contributed by atoms with E-state index in [0.717, 1.165) is 50.4 Å². The molecule has 1 saturated heterocycles. The third kappa shape index (κ3) is 4.67. The number of piperazine rings is 1. The lowest BCUT2D eigenvalue weighted by Gasteiger charge is -2.34. The van der Waals surface area contributed by atoms with Gasteiger partial charge in [-0.25, -0.2) is 8.42 Å². The average molecular weight is 403 g/mol. The second-order valence-corrected chi connectivity index (χ2v) is 9.27. The van der Waals surface area contributed by atoms with Gasteiger partial charge < -0.3 is 9.80 Å². The first-order valence-electron chi connectivity index (χ1n) is 10.2. The minimum atomic E-state index is -3.62. The fraction of sp³-hybridized carbons (Fsp3) is 0.455. The van der Waals surface area contributed by atoms with Crippen LogP contribution in [0, 0.1) is 0 Å². The third-order valence-corrected chi connectivity index (χ3v) is 7.21. The zero-order chi connectivity index (χ0) is 20.1. The van der Waals surface area contributed by atoms with E-state index < -0.39 is 10.0 Å². The van der Waals surface area contributed by atoms with Crippen molar-refractivity contribution in [1.82, 2.24) is 0 Å². The Labute approximate surface area is 169 Å². The molecule has 2 aromatic rings. The normalized spacial score (nSPS) is 16.8. The minimum Gasteiger partial charge on any atom is -0.359 e. The first kappa shape index (κ1) is 20.7. The van der Waals surface area contributed by atoms with E-state index >= 15 is 0 Å². The van der Waals surface area contributed by atoms with E-state index in [1.165, 1.54) is 0 Å². The quantitative estimate of drug-likeness (QED) is 0.749. The highest BCUT2D eigenvalue weighted by Gasteiger charge is 2.23. The van der Waals surface area contributed by atoms with Crippen LogP contribution in [0.5, 0.6) is 0 Å². The summed E-state index contributed by atoms with van der Waals surface area (Å²) in [6, 6.07) is 14.9. The summed E-state index contributed by atoms with van der Waals surface area (Å²) in [5.41, 5.74) is 2.77. The van der Waals surface area contributed by atoms with Crippen LogP contribution in [0.2, 0.25) is 0 Å². The van der Waals surface area contributed by atoms with Crippen molar-refractivity contribution < 1.29 is 13.3 Å². The highest BCUT2D eigenvalue weighted by Crippen LogP contribution is 2.28. The average Bonchev–Trinajstić information content (AvgIpc) is 2.73. The van der Waals surface area contributed by atoms with E-state index in [1.807, 2.05) is 36.4 Å². The molecule has 2 aromatic carbocycles. The molecule has 2 N–H and O–H groups in total. The molecule has 6 heteroatoms. The molecule has 5 nitrogen and oxygen atoms in total. The predicted molar refractivity (Wildman–Crippen MR) is 116 cm³/mol. The number of nitrogens with one attached hydrogen (secondary N) is 2. The highest BCUT2D eigenvalue weighted by molar-refractivity contribution is 7.92. The van der Waals surface area contributed by atoms with Gasteiger partial charge in [-0.3, -0.25) is 4.72 Å². The van der Waals surface area contributed by atoms with Gasteiger partial charge >= 0.3 is 0 Å². The van der Waals surface area contributed by atoms with E-state index in [9.17, 15) is 8.42 Å². The Bertz CT molecular complexity index is 873. The predicted octanol–water partition coefficient (Wildman–Crippen LogP) is 2.73. The van der Waals surface area contributed by atoms with Crippen LogP contribution >= 0.6 is 0 Å². The summed E-state index contributed by atoms with van der Waals surface area (Å²) in [4.78, 5) is 4.17. The molecule has 0 unspecified atom stereocenters. The lowest BCUT2D eigenvalue weighted by Crippen LogP contribution is -3.14. The van der Waals surface area contributed by atoms with E-state index in [0.29, 0.717) is 16.5 Å². The van der Waals surface area contributed by atoms with Gasteiger partial charge in [0.15, 0.2) is 0 Å². The van der Waals surface area contributed by atoms with Crippen molar-refractivity contribution in [1.29, 1.82) is 0 Å². The maximum Gasteiger partial charge on any atom is 0.261 e. The SMILES string of the molecule is CC[C@H](C)c1ccc(S(=O)(=O)Nc2ccccc2N2CC[NH+](CC)CC2)cc1. The molecule has 1 heterocycles. The third-order valence-electron chi connectivity index (χ3n) is 5.83. The number of hydrogen-bond donors (Lipinski definition) is 2. The van der Waals surface area contributed by atoms with Gasteiger partial charge in [-0.2, -0.15) is 0 Å². The van der Waals surface area contributed by atoms with Gasteiger partial charge in [0.1, 0.15) is 0 Å². The summed E-state index contributed by atoms with van der Waals surface area (Å²) in [6.07, 6.45) is 1.03. The molecule has 0 bridgehead atoms. The van der Waals surface area contributed by atoms with Gasteiger partial charge in [0.2, 0.25) is 0 Å². The van der Waals surface area contributed by atoms with Crippen molar-refractivity contribution >= 4 is 21.4 Å². The summed E-state index contributed by atoms with van der Waals surface area (Å²) in [6.45, 7) is 11.7.